The Morgan fingerprint density at radius 2 is 2.29 bits per heavy atom. The maximum Gasteiger partial charge on any atom is 0.239 e. The molecule has 2 N–H and O–H groups in total. The zero-order valence-corrected chi connectivity index (χ0v) is 11.0. The Morgan fingerprint density at radius 3 is 2.88 bits per heavy atom. The van der Waals surface area contributed by atoms with Gasteiger partial charge < -0.3 is 20.1 Å². The first-order valence-corrected chi connectivity index (χ1v) is 6.19. The zero-order valence-electron chi connectivity index (χ0n) is 11.0. The van der Waals surface area contributed by atoms with Crippen LogP contribution in [0.5, 0.6) is 0 Å². The quantitative estimate of drug-likeness (QED) is 0.752. The summed E-state index contributed by atoms with van der Waals surface area (Å²) in [5, 5.41) is 0. The molecule has 1 aliphatic rings. The Bertz CT molecular complexity index is 244. The number of carbonyl (C=O) groups is 1. The van der Waals surface area contributed by atoms with Crippen LogP contribution in [0.15, 0.2) is 0 Å². The molecular weight excluding hydrogens is 220 g/mol. The molecule has 0 radical (unpaired) electrons. The Labute approximate surface area is 103 Å². The van der Waals surface area contributed by atoms with Gasteiger partial charge in [-0.2, -0.15) is 0 Å². The molecule has 0 bridgehead atoms. The van der Waals surface area contributed by atoms with Crippen molar-refractivity contribution in [3.05, 3.63) is 0 Å². The van der Waals surface area contributed by atoms with Crippen molar-refractivity contribution < 1.29 is 14.3 Å². The first-order valence-electron chi connectivity index (χ1n) is 6.19. The van der Waals surface area contributed by atoms with Gasteiger partial charge in [-0.05, 0) is 12.3 Å². The van der Waals surface area contributed by atoms with Crippen molar-refractivity contribution in [1.82, 2.24) is 4.90 Å². The molecule has 5 heteroatoms. The molecule has 1 fully saturated rings. The highest BCUT2D eigenvalue weighted by molar-refractivity contribution is 5.81. The molecule has 1 heterocycles. The van der Waals surface area contributed by atoms with Crippen molar-refractivity contribution in [2.24, 2.45) is 11.7 Å². The molecule has 1 aliphatic heterocycles. The number of amides is 1. The molecule has 2 atom stereocenters. The molecule has 0 saturated carbocycles. The van der Waals surface area contributed by atoms with Crippen molar-refractivity contribution >= 4 is 5.91 Å². The number of nitrogens with two attached hydrogens (primary N) is 1. The lowest BCUT2D eigenvalue weighted by molar-refractivity contribution is -0.142. The summed E-state index contributed by atoms with van der Waals surface area (Å²) in [7, 11) is 1.63. The van der Waals surface area contributed by atoms with Crippen LogP contribution >= 0.6 is 0 Å². The number of ether oxygens (including phenoxy) is 2. The van der Waals surface area contributed by atoms with E-state index >= 15 is 0 Å². The van der Waals surface area contributed by atoms with Crippen LogP contribution in [0.4, 0.5) is 0 Å². The standard InChI is InChI=1S/C12H24N2O3/c1-9(2)6-11(13)12(15)14-4-5-17-10(7-14)8-16-3/h9-11H,4-8,13H2,1-3H3/t10-,11-/m0/s1. The molecule has 0 aromatic heterocycles. The van der Waals surface area contributed by atoms with Crippen LogP contribution < -0.4 is 5.73 Å². The highest BCUT2D eigenvalue weighted by atomic mass is 16.5. The van der Waals surface area contributed by atoms with Crippen molar-refractivity contribution in [2.75, 3.05) is 33.4 Å². The lowest BCUT2D eigenvalue weighted by Crippen LogP contribution is -2.52. The third-order valence-electron chi connectivity index (χ3n) is 2.85. The fourth-order valence-electron chi connectivity index (χ4n) is 2.05. The highest BCUT2D eigenvalue weighted by Crippen LogP contribution is 2.10. The lowest BCUT2D eigenvalue weighted by Gasteiger charge is -2.34. The minimum atomic E-state index is -0.392. The van der Waals surface area contributed by atoms with E-state index in [9.17, 15) is 4.79 Å². The average Bonchev–Trinajstić information content (AvgIpc) is 2.28. The molecule has 1 saturated heterocycles. The summed E-state index contributed by atoms with van der Waals surface area (Å²) in [4.78, 5) is 13.9. The van der Waals surface area contributed by atoms with Gasteiger partial charge >= 0.3 is 0 Å². The molecule has 0 spiro atoms. The Balaban J connectivity index is 2.45. The van der Waals surface area contributed by atoms with Gasteiger partial charge in [-0.1, -0.05) is 13.8 Å². The third-order valence-corrected chi connectivity index (χ3v) is 2.85. The van der Waals surface area contributed by atoms with E-state index in [-0.39, 0.29) is 12.0 Å². The van der Waals surface area contributed by atoms with E-state index < -0.39 is 6.04 Å². The summed E-state index contributed by atoms with van der Waals surface area (Å²) < 4.78 is 10.5. The molecule has 0 aliphatic carbocycles. The van der Waals surface area contributed by atoms with Gasteiger partial charge in [0.1, 0.15) is 0 Å². The van der Waals surface area contributed by atoms with E-state index in [1.54, 1.807) is 12.0 Å². The number of rotatable bonds is 5. The number of methoxy groups -OCH3 is 1. The van der Waals surface area contributed by atoms with Crippen LogP contribution in [0.1, 0.15) is 20.3 Å². The van der Waals surface area contributed by atoms with E-state index in [1.165, 1.54) is 0 Å². The molecule has 17 heavy (non-hydrogen) atoms. The largest absolute Gasteiger partial charge is 0.382 e. The number of hydrogen-bond donors (Lipinski definition) is 1. The van der Waals surface area contributed by atoms with Gasteiger partial charge in [-0.15, -0.1) is 0 Å². The van der Waals surface area contributed by atoms with Crippen LogP contribution in [-0.4, -0.2) is 56.4 Å². The van der Waals surface area contributed by atoms with Gasteiger partial charge in [0.25, 0.3) is 0 Å². The number of hydrogen-bond acceptors (Lipinski definition) is 4. The summed E-state index contributed by atoms with van der Waals surface area (Å²) in [5.74, 6) is 0.466. The summed E-state index contributed by atoms with van der Waals surface area (Å²) in [6.45, 7) is 6.43. The van der Waals surface area contributed by atoms with Gasteiger partial charge in [0, 0.05) is 20.2 Å². The van der Waals surface area contributed by atoms with Gasteiger partial charge in [0.2, 0.25) is 5.91 Å². The van der Waals surface area contributed by atoms with Crippen LogP contribution in [0, 0.1) is 5.92 Å². The molecule has 1 amide bonds. The molecule has 5 nitrogen and oxygen atoms in total. The monoisotopic (exact) mass is 244 g/mol. The summed E-state index contributed by atoms with van der Waals surface area (Å²) >= 11 is 0. The normalized spacial score (nSPS) is 22.9. The van der Waals surface area contributed by atoms with Crippen molar-refractivity contribution in [1.29, 1.82) is 0 Å². The lowest BCUT2D eigenvalue weighted by atomic mass is 10.0. The van der Waals surface area contributed by atoms with Crippen molar-refractivity contribution in [3.8, 4) is 0 Å². The average molecular weight is 244 g/mol. The summed E-state index contributed by atoms with van der Waals surface area (Å²) in [6, 6.07) is -0.392. The van der Waals surface area contributed by atoms with Gasteiger partial charge in [0.05, 0.1) is 25.4 Å². The SMILES string of the molecule is COC[C@@H]1CN(C(=O)[C@@H](N)CC(C)C)CCO1. The minimum Gasteiger partial charge on any atom is -0.382 e. The highest BCUT2D eigenvalue weighted by Gasteiger charge is 2.27. The molecule has 0 aromatic rings. The maximum absolute atomic E-state index is 12.1. The van der Waals surface area contributed by atoms with Crippen molar-refractivity contribution in [2.45, 2.75) is 32.4 Å². The molecule has 100 valence electrons. The second-order valence-corrected chi connectivity index (χ2v) is 4.97. The van der Waals surface area contributed by atoms with E-state index in [2.05, 4.69) is 13.8 Å². The zero-order chi connectivity index (χ0) is 12.8. The molecular formula is C12H24N2O3. The fraction of sp³-hybridized carbons (Fsp3) is 0.917. The van der Waals surface area contributed by atoms with Crippen LogP contribution in [0.3, 0.4) is 0 Å². The third kappa shape index (κ3) is 4.61. The molecule has 0 unspecified atom stereocenters. The summed E-state index contributed by atoms with van der Waals surface area (Å²) in [6.07, 6.45) is 0.703. The number of carbonyl (C=O) groups excluding carboxylic acids is 1. The first kappa shape index (κ1) is 14.4. The summed E-state index contributed by atoms with van der Waals surface area (Å²) in [5.41, 5.74) is 5.91. The van der Waals surface area contributed by atoms with E-state index in [4.69, 9.17) is 15.2 Å². The number of nitrogens with zero attached hydrogens (tertiary/aromatic N) is 1. The second-order valence-electron chi connectivity index (χ2n) is 4.97. The predicted molar refractivity (Wildman–Crippen MR) is 65.6 cm³/mol. The first-order chi connectivity index (χ1) is 8.04. The van der Waals surface area contributed by atoms with E-state index in [1.807, 2.05) is 0 Å². The smallest absolute Gasteiger partial charge is 0.239 e. The van der Waals surface area contributed by atoms with Crippen LogP contribution in [0.2, 0.25) is 0 Å². The van der Waals surface area contributed by atoms with Crippen LogP contribution in [-0.2, 0) is 14.3 Å². The van der Waals surface area contributed by atoms with Gasteiger partial charge in [-0.25, -0.2) is 0 Å². The van der Waals surface area contributed by atoms with Crippen molar-refractivity contribution in [3.63, 3.8) is 0 Å². The second kappa shape index (κ2) is 6.93. The topological polar surface area (TPSA) is 64.8 Å². The molecule has 0 aromatic carbocycles. The van der Waals surface area contributed by atoms with Gasteiger partial charge in [0.15, 0.2) is 0 Å². The maximum atomic E-state index is 12.1. The van der Waals surface area contributed by atoms with E-state index in [0.29, 0.717) is 32.2 Å². The van der Waals surface area contributed by atoms with E-state index in [0.717, 1.165) is 6.42 Å². The Kier molecular flexibility index (Phi) is 5.88. The predicted octanol–water partition coefficient (Wildman–Crippen LogP) is 0.234. The minimum absolute atomic E-state index is 0.0241. The molecule has 1 rings (SSSR count). The fourth-order valence-corrected chi connectivity index (χ4v) is 2.05. The Hall–Kier alpha value is -0.650. The number of morpholine rings is 1. The van der Waals surface area contributed by atoms with Gasteiger partial charge in [-0.3, -0.25) is 4.79 Å². The Morgan fingerprint density at radius 1 is 1.59 bits per heavy atom. The van der Waals surface area contributed by atoms with Crippen LogP contribution in [0.25, 0.3) is 0 Å².